The molecule has 0 bridgehead atoms. The van der Waals surface area contributed by atoms with E-state index in [2.05, 4.69) is 32.6 Å². The maximum atomic E-state index is 13.1. The highest BCUT2D eigenvalue weighted by Gasteiger charge is 2.27. The van der Waals surface area contributed by atoms with E-state index >= 15 is 0 Å². The lowest BCUT2D eigenvalue weighted by molar-refractivity contribution is 0.0115. The summed E-state index contributed by atoms with van der Waals surface area (Å²) in [7, 11) is -1.86. The third-order valence-electron chi connectivity index (χ3n) is 8.49. The van der Waals surface area contributed by atoms with Gasteiger partial charge in [-0.3, -0.25) is 4.90 Å². The molecule has 2 aliphatic rings. The molecular weight excluding hydrogens is 576 g/mol. The fourth-order valence-corrected chi connectivity index (χ4v) is 7.16. The molecule has 0 spiro atoms. The van der Waals surface area contributed by atoms with Crippen molar-refractivity contribution in [3.05, 3.63) is 66.7 Å². The third-order valence-corrected chi connectivity index (χ3v) is 10.7. The number of aromatic nitrogens is 2. The van der Waals surface area contributed by atoms with Gasteiger partial charge < -0.3 is 25.0 Å². The number of nitrogens with one attached hydrogen (secondary N) is 2. The van der Waals surface area contributed by atoms with E-state index in [1.165, 1.54) is 0 Å². The maximum Gasteiger partial charge on any atom is 0.229 e. The van der Waals surface area contributed by atoms with Gasteiger partial charge in [0.1, 0.15) is 11.6 Å². The predicted octanol–water partition coefficient (Wildman–Crippen LogP) is 5.61. The van der Waals surface area contributed by atoms with Crippen LogP contribution in [0.15, 0.2) is 71.6 Å². The van der Waals surface area contributed by atoms with E-state index in [9.17, 15) is 8.42 Å². The molecule has 2 fully saturated rings. The maximum absolute atomic E-state index is 13.1. The summed E-state index contributed by atoms with van der Waals surface area (Å²) in [6.45, 7) is 9.06. The number of hydrogen-bond donors (Lipinski definition) is 2. The van der Waals surface area contributed by atoms with Crippen molar-refractivity contribution in [2.45, 2.75) is 42.9 Å². The van der Waals surface area contributed by atoms with E-state index in [4.69, 9.17) is 19.4 Å². The van der Waals surface area contributed by atoms with Crippen LogP contribution in [0.5, 0.6) is 5.75 Å². The highest BCUT2D eigenvalue weighted by Crippen LogP contribution is 2.35. The standard InChI is InChI=1S/C33H40N6O4S/c1-23(2)44(40,41)31-11-7-6-10-29(31)34-32-26-8-4-5-9-27(26)35-33(37-32)36-28-13-12-25(22-30(28)42-3)38-16-14-24(15-17-38)39-18-20-43-21-19-39/h4-13,22-24H,14-21H2,1-3H3,(H2,34,35,36,37). The minimum absolute atomic E-state index is 0.235. The summed E-state index contributed by atoms with van der Waals surface area (Å²) in [5, 5.41) is 6.85. The van der Waals surface area contributed by atoms with Crippen molar-refractivity contribution in [1.29, 1.82) is 0 Å². The second kappa shape index (κ2) is 13.0. The SMILES string of the molecule is COc1cc(N2CCC(N3CCOCC3)CC2)ccc1Nc1nc(Nc2ccccc2S(=O)(=O)C(C)C)c2ccccc2n1. The van der Waals surface area contributed by atoms with Gasteiger partial charge in [0.25, 0.3) is 0 Å². The minimum Gasteiger partial charge on any atom is -0.494 e. The zero-order chi connectivity index (χ0) is 30.7. The van der Waals surface area contributed by atoms with E-state index in [-0.39, 0.29) is 4.90 Å². The van der Waals surface area contributed by atoms with Gasteiger partial charge >= 0.3 is 0 Å². The van der Waals surface area contributed by atoms with Gasteiger partial charge in [0.05, 0.1) is 47.4 Å². The Labute approximate surface area is 259 Å². The van der Waals surface area contributed by atoms with Crippen LogP contribution in [-0.4, -0.2) is 81.1 Å². The number of benzene rings is 3. The topological polar surface area (TPSA) is 109 Å². The molecule has 2 saturated heterocycles. The number of sulfone groups is 1. The van der Waals surface area contributed by atoms with E-state index in [0.29, 0.717) is 29.2 Å². The van der Waals surface area contributed by atoms with Crippen LogP contribution in [0.4, 0.5) is 28.8 Å². The average molecular weight is 617 g/mol. The highest BCUT2D eigenvalue weighted by molar-refractivity contribution is 7.92. The van der Waals surface area contributed by atoms with Gasteiger partial charge in [-0.25, -0.2) is 13.4 Å². The Kier molecular flexibility index (Phi) is 8.88. The van der Waals surface area contributed by atoms with Crippen molar-refractivity contribution in [1.82, 2.24) is 14.9 Å². The summed E-state index contributed by atoms with van der Waals surface area (Å²) in [5.74, 6) is 1.56. The molecule has 0 atom stereocenters. The van der Waals surface area contributed by atoms with E-state index in [1.807, 2.05) is 36.4 Å². The van der Waals surface area contributed by atoms with Crippen LogP contribution in [0.2, 0.25) is 0 Å². The van der Waals surface area contributed by atoms with Gasteiger partial charge in [-0.2, -0.15) is 4.98 Å². The molecule has 0 amide bonds. The van der Waals surface area contributed by atoms with Crippen molar-refractivity contribution in [2.75, 3.05) is 62.0 Å². The molecule has 2 N–H and O–H groups in total. The Hall–Kier alpha value is -3.93. The molecule has 11 heteroatoms. The van der Waals surface area contributed by atoms with E-state index < -0.39 is 15.1 Å². The zero-order valence-corrected chi connectivity index (χ0v) is 26.3. The van der Waals surface area contributed by atoms with Crippen LogP contribution >= 0.6 is 0 Å². The van der Waals surface area contributed by atoms with Crippen molar-refractivity contribution in [3.8, 4) is 5.75 Å². The summed E-state index contributed by atoms with van der Waals surface area (Å²) in [4.78, 5) is 14.8. The lowest BCUT2D eigenvalue weighted by atomic mass is 10.0. The van der Waals surface area contributed by atoms with Gasteiger partial charge in [0, 0.05) is 49.4 Å². The number of rotatable bonds is 9. The highest BCUT2D eigenvalue weighted by atomic mass is 32.2. The molecule has 0 saturated carbocycles. The molecule has 4 aromatic rings. The molecule has 0 aliphatic carbocycles. The Morgan fingerprint density at radius 3 is 2.36 bits per heavy atom. The van der Waals surface area contributed by atoms with Crippen LogP contribution in [0.1, 0.15) is 26.7 Å². The Bertz CT molecular complexity index is 1720. The molecule has 2 aliphatic heterocycles. The second-order valence-electron chi connectivity index (χ2n) is 11.5. The van der Waals surface area contributed by atoms with Crippen molar-refractivity contribution in [2.24, 2.45) is 0 Å². The molecular formula is C33H40N6O4S. The first-order valence-electron chi connectivity index (χ1n) is 15.2. The number of morpholine rings is 1. The monoisotopic (exact) mass is 616 g/mol. The first kappa shape index (κ1) is 30.1. The molecule has 10 nitrogen and oxygen atoms in total. The molecule has 3 heterocycles. The molecule has 1 aromatic heterocycles. The number of methoxy groups -OCH3 is 1. The number of anilines is 5. The zero-order valence-electron chi connectivity index (χ0n) is 25.5. The van der Waals surface area contributed by atoms with E-state index in [0.717, 1.165) is 74.5 Å². The molecule has 0 unspecified atom stereocenters. The summed E-state index contributed by atoms with van der Waals surface area (Å²) >= 11 is 0. The summed E-state index contributed by atoms with van der Waals surface area (Å²) in [6, 6.07) is 21.3. The third kappa shape index (κ3) is 6.31. The number of ether oxygens (including phenoxy) is 2. The molecule has 44 heavy (non-hydrogen) atoms. The van der Waals surface area contributed by atoms with Crippen molar-refractivity contribution < 1.29 is 17.9 Å². The van der Waals surface area contributed by atoms with Crippen LogP contribution in [0.25, 0.3) is 10.9 Å². The first-order valence-corrected chi connectivity index (χ1v) is 16.8. The average Bonchev–Trinajstić information content (AvgIpc) is 3.05. The lowest BCUT2D eigenvalue weighted by Crippen LogP contribution is -2.49. The second-order valence-corrected chi connectivity index (χ2v) is 14.0. The predicted molar refractivity (Wildman–Crippen MR) is 175 cm³/mol. The summed E-state index contributed by atoms with van der Waals surface area (Å²) < 4.78 is 37.6. The largest absolute Gasteiger partial charge is 0.494 e. The minimum atomic E-state index is -3.52. The fraction of sp³-hybridized carbons (Fsp3) is 0.394. The van der Waals surface area contributed by atoms with Gasteiger partial charge in [-0.1, -0.05) is 24.3 Å². The Balaban J connectivity index is 1.24. The summed E-state index contributed by atoms with van der Waals surface area (Å²) in [5.41, 5.74) is 3.05. The normalized spacial score (nSPS) is 16.8. The number of hydrogen-bond acceptors (Lipinski definition) is 10. The lowest BCUT2D eigenvalue weighted by Gasteiger charge is -2.40. The van der Waals surface area contributed by atoms with Gasteiger partial charge in [0.2, 0.25) is 5.95 Å². The van der Waals surface area contributed by atoms with Gasteiger partial charge in [-0.15, -0.1) is 0 Å². The van der Waals surface area contributed by atoms with Gasteiger partial charge in [0.15, 0.2) is 9.84 Å². The fourth-order valence-electron chi connectivity index (χ4n) is 5.96. The number of fused-ring (bicyclic) bond motifs is 1. The Morgan fingerprint density at radius 2 is 1.61 bits per heavy atom. The van der Waals surface area contributed by atoms with Crippen LogP contribution < -0.4 is 20.3 Å². The molecule has 6 rings (SSSR count). The van der Waals surface area contributed by atoms with Crippen LogP contribution in [-0.2, 0) is 14.6 Å². The Morgan fingerprint density at radius 1 is 0.886 bits per heavy atom. The van der Waals surface area contributed by atoms with Gasteiger partial charge in [-0.05, 0) is 63.1 Å². The quantitative estimate of drug-likeness (QED) is 0.246. The van der Waals surface area contributed by atoms with Crippen molar-refractivity contribution in [3.63, 3.8) is 0 Å². The summed E-state index contributed by atoms with van der Waals surface area (Å²) in [6.07, 6.45) is 2.26. The number of para-hydroxylation sites is 2. The first-order chi connectivity index (χ1) is 21.3. The molecule has 0 radical (unpaired) electrons. The molecule has 3 aromatic carbocycles. The van der Waals surface area contributed by atoms with E-state index in [1.54, 1.807) is 39.2 Å². The van der Waals surface area contributed by atoms with Crippen LogP contribution in [0, 0.1) is 0 Å². The molecule has 232 valence electrons. The number of nitrogens with zero attached hydrogens (tertiary/aromatic N) is 4. The number of piperidine rings is 1. The van der Waals surface area contributed by atoms with Crippen LogP contribution in [0.3, 0.4) is 0 Å². The smallest absolute Gasteiger partial charge is 0.229 e. The van der Waals surface area contributed by atoms with Crippen molar-refractivity contribution >= 4 is 49.6 Å².